The van der Waals surface area contributed by atoms with Gasteiger partial charge in [-0.05, 0) is 12.8 Å². The fourth-order valence-corrected chi connectivity index (χ4v) is 1.74. The summed E-state index contributed by atoms with van der Waals surface area (Å²) in [7, 11) is 0. The zero-order valence-corrected chi connectivity index (χ0v) is 6.67. The van der Waals surface area contributed by atoms with Crippen LogP contribution < -0.4 is 0 Å². The molecule has 1 spiro atoms. The lowest BCUT2D eigenvalue weighted by atomic mass is 9.94. The predicted octanol–water partition coefficient (Wildman–Crippen LogP) is 0.747. The van der Waals surface area contributed by atoms with E-state index in [9.17, 15) is 9.59 Å². The van der Waals surface area contributed by atoms with Crippen LogP contribution in [0.15, 0.2) is 0 Å². The number of hydrogen-bond donors (Lipinski definition) is 0. The molecule has 2 aliphatic rings. The second kappa shape index (κ2) is 2.47. The highest BCUT2D eigenvalue weighted by Gasteiger charge is 2.48. The molecule has 4 nitrogen and oxygen atoms in total. The van der Waals surface area contributed by atoms with E-state index in [1.54, 1.807) is 0 Å². The molecular formula is C8H10O4. The van der Waals surface area contributed by atoms with Crippen LogP contribution in [0.2, 0.25) is 0 Å². The van der Waals surface area contributed by atoms with Crippen LogP contribution in [0.25, 0.3) is 0 Å². The molecule has 0 unspecified atom stereocenters. The third-order valence-corrected chi connectivity index (χ3v) is 2.34. The first-order chi connectivity index (χ1) is 5.72. The van der Waals surface area contributed by atoms with Crippen molar-refractivity contribution in [3.63, 3.8) is 0 Å². The third-order valence-electron chi connectivity index (χ3n) is 2.34. The molecule has 2 rings (SSSR count). The lowest BCUT2D eigenvalue weighted by molar-refractivity contribution is -0.189. The van der Waals surface area contributed by atoms with Gasteiger partial charge in [0.1, 0.15) is 0 Å². The van der Waals surface area contributed by atoms with Crippen molar-refractivity contribution in [3.05, 3.63) is 0 Å². The van der Waals surface area contributed by atoms with Gasteiger partial charge in [0, 0.05) is 12.8 Å². The van der Waals surface area contributed by atoms with E-state index in [1.165, 1.54) is 0 Å². The number of ether oxygens (including phenoxy) is 2. The van der Waals surface area contributed by atoms with Gasteiger partial charge in [0.05, 0.1) is 0 Å². The van der Waals surface area contributed by atoms with Crippen LogP contribution in [0.1, 0.15) is 32.1 Å². The first-order valence-electron chi connectivity index (χ1n) is 4.18. The van der Waals surface area contributed by atoms with Crippen LogP contribution in [0.3, 0.4) is 0 Å². The summed E-state index contributed by atoms with van der Waals surface area (Å²) in [5.74, 6) is -2.55. The average molecular weight is 170 g/mol. The molecule has 12 heavy (non-hydrogen) atoms. The summed E-state index contributed by atoms with van der Waals surface area (Å²) in [6.45, 7) is 0. The number of carbonyl (C=O) groups is 2. The molecule has 0 amide bonds. The van der Waals surface area contributed by atoms with Crippen molar-refractivity contribution < 1.29 is 19.1 Å². The third kappa shape index (κ3) is 1.07. The number of esters is 2. The number of hydrogen-bond acceptors (Lipinski definition) is 4. The lowest BCUT2D eigenvalue weighted by Gasteiger charge is -2.28. The Hall–Kier alpha value is -1.06. The zero-order chi connectivity index (χ0) is 8.60. The van der Waals surface area contributed by atoms with Crippen molar-refractivity contribution in [2.45, 2.75) is 37.9 Å². The summed E-state index contributed by atoms with van der Waals surface area (Å²) in [5.41, 5.74) is 0. The van der Waals surface area contributed by atoms with E-state index in [0.717, 1.165) is 19.3 Å². The Balaban J connectivity index is 2.12. The normalized spacial score (nSPS) is 27.0. The summed E-state index contributed by atoms with van der Waals surface area (Å²) >= 11 is 0. The van der Waals surface area contributed by atoms with Gasteiger partial charge in [0.15, 0.2) is 0 Å². The Morgan fingerprint density at radius 3 is 1.92 bits per heavy atom. The minimum Gasteiger partial charge on any atom is -0.414 e. The van der Waals surface area contributed by atoms with Gasteiger partial charge in [-0.25, -0.2) is 9.59 Å². The van der Waals surface area contributed by atoms with E-state index >= 15 is 0 Å². The standard InChI is InChI=1S/C8H10O4/c9-6-7(10)12-8(11-6)4-2-1-3-5-8/h1-5H2. The van der Waals surface area contributed by atoms with Crippen LogP contribution in [0, 0.1) is 0 Å². The fourth-order valence-electron chi connectivity index (χ4n) is 1.74. The van der Waals surface area contributed by atoms with Gasteiger partial charge < -0.3 is 9.47 Å². The quantitative estimate of drug-likeness (QED) is 0.397. The molecule has 0 aromatic heterocycles. The Labute approximate surface area is 69.8 Å². The molecule has 0 aromatic rings. The highest BCUT2D eigenvalue weighted by atomic mass is 16.8. The van der Waals surface area contributed by atoms with Crippen LogP contribution in [-0.4, -0.2) is 17.7 Å². The molecule has 1 saturated heterocycles. The second-order valence-electron chi connectivity index (χ2n) is 3.25. The first-order valence-corrected chi connectivity index (χ1v) is 4.18. The van der Waals surface area contributed by atoms with E-state index in [-0.39, 0.29) is 0 Å². The van der Waals surface area contributed by atoms with Gasteiger partial charge in [-0.15, -0.1) is 0 Å². The van der Waals surface area contributed by atoms with Gasteiger partial charge in [-0.2, -0.15) is 0 Å². The molecule has 1 aliphatic carbocycles. The molecule has 2 fully saturated rings. The molecule has 4 heteroatoms. The maximum atomic E-state index is 10.8. The molecule has 1 heterocycles. The molecule has 1 saturated carbocycles. The summed E-state index contributed by atoms with van der Waals surface area (Å²) in [5, 5.41) is 0. The van der Waals surface area contributed by atoms with E-state index in [0.29, 0.717) is 12.8 Å². The summed E-state index contributed by atoms with van der Waals surface area (Å²) < 4.78 is 9.78. The van der Waals surface area contributed by atoms with E-state index in [4.69, 9.17) is 9.47 Å². The van der Waals surface area contributed by atoms with Crippen molar-refractivity contribution in [2.75, 3.05) is 0 Å². The van der Waals surface area contributed by atoms with Gasteiger partial charge in [0.25, 0.3) is 5.79 Å². The summed E-state index contributed by atoms with van der Waals surface area (Å²) in [6, 6.07) is 0. The smallest absolute Gasteiger partial charge is 0.414 e. The maximum absolute atomic E-state index is 10.8. The van der Waals surface area contributed by atoms with Crippen LogP contribution in [0.4, 0.5) is 0 Å². The van der Waals surface area contributed by atoms with Crippen LogP contribution in [0.5, 0.6) is 0 Å². The zero-order valence-electron chi connectivity index (χ0n) is 6.67. The minimum atomic E-state index is -0.883. The van der Waals surface area contributed by atoms with Crippen LogP contribution >= 0.6 is 0 Å². The van der Waals surface area contributed by atoms with Crippen LogP contribution in [-0.2, 0) is 19.1 Å². The molecule has 0 N–H and O–H groups in total. The maximum Gasteiger partial charge on any atom is 0.420 e. The Morgan fingerprint density at radius 1 is 0.917 bits per heavy atom. The molecule has 0 aromatic carbocycles. The lowest BCUT2D eigenvalue weighted by Crippen LogP contribution is -2.33. The Morgan fingerprint density at radius 2 is 1.42 bits per heavy atom. The van der Waals surface area contributed by atoms with Crippen molar-refractivity contribution in [1.29, 1.82) is 0 Å². The van der Waals surface area contributed by atoms with Crippen molar-refractivity contribution in [1.82, 2.24) is 0 Å². The Kier molecular flexibility index (Phi) is 1.56. The van der Waals surface area contributed by atoms with Crippen molar-refractivity contribution in [2.24, 2.45) is 0 Å². The van der Waals surface area contributed by atoms with E-state index in [1.807, 2.05) is 0 Å². The topological polar surface area (TPSA) is 52.6 Å². The SMILES string of the molecule is O=C1OC2(CCCCC2)OC1=O. The second-order valence-corrected chi connectivity index (χ2v) is 3.25. The fraction of sp³-hybridized carbons (Fsp3) is 0.750. The molecule has 0 atom stereocenters. The highest BCUT2D eigenvalue weighted by molar-refractivity contribution is 6.31. The molecule has 0 bridgehead atoms. The Bertz CT molecular complexity index is 209. The molecular weight excluding hydrogens is 160 g/mol. The molecule has 66 valence electrons. The van der Waals surface area contributed by atoms with Gasteiger partial charge in [-0.1, -0.05) is 6.42 Å². The monoisotopic (exact) mass is 170 g/mol. The number of carbonyl (C=O) groups excluding carboxylic acids is 2. The predicted molar refractivity (Wildman–Crippen MR) is 38.0 cm³/mol. The van der Waals surface area contributed by atoms with Crippen molar-refractivity contribution in [3.8, 4) is 0 Å². The largest absolute Gasteiger partial charge is 0.420 e. The van der Waals surface area contributed by atoms with Crippen molar-refractivity contribution >= 4 is 11.9 Å². The molecule has 1 aliphatic heterocycles. The van der Waals surface area contributed by atoms with E-state index < -0.39 is 17.7 Å². The highest BCUT2D eigenvalue weighted by Crippen LogP contribution is 2.36. The van der Waals surface area contributed by atoms with Gasteiger partial charge in [-0.3, -0.25) is 0 Å². The van der Waals surface area contributed by atoms with E-state index in [2.05, 4.69) is 0 Å². The number of rotatable bonds is 0. The molecule has 0 radical (unpaired) electrons. The van der Waals surface area contributed by atoms with Gasteiger partial charge in [0.2, 0.25) is 0 Å². The minimum absolute atomic E-state index is 0.657. The summed E-state index contributed by atoms with van der Waals surface area (Å²) in [6.07, 6.45) is 4.35. The van der Waals surface area contributed by atoms with Gasteiger partial charge >= 0.3 is 11.9 Å². The summed E-state index contributed by atoms with van der Waals surface area (Å²) in [4.78, 5) is 21.5. The first kappa shape index (κ1) is 7.58. The average Bonchev–Trinajstić information content (AvgIpc) is 2.29.